The van der Waals surface area contributed by atoms with Crippen molar-refractivity contribution in [2.75, 3.05) is 27.7 Å². The number of likely N-dealkylation sites (N-methyl/N-ethyl adjacent to an activating group) is 1. The highest BCUT2D eigenvalue weighted by Crippen LogP contribution is 2.45. The van der Waals surface area contributed by atoms with Crippen molar-refractivity contribution in [2.24, 2.45) is 28.7 Å². The minimum absolute atomic E-state index is 0.154. The first-order valence-electron chi connectivity index (χ1n) is 17.4. The van der Waals surface area contributed by atoms with Gasteiger partial charge in [0.1, 0.15) is 12.2 Å². The van der Waals surface area contributed by atoms with Crippen LogP contribution in [0.5, 0.6) is 0 Å². The fourth-order valence-corrected chi connectivity index (χ4v) is 8.82. The molecule has 4 aliphatic heterocycles. The Morgan fingerprint density at radius 1 is 1.02 bits per heavy atom. The monoisotopic (exact) mass is 667 g/mol. The zero-order valence-corrected chi connectivity index (χ0v) is 30.9. The van der Waals surface area contributed by atoms with Crippen LogP contribution in [-0.2, 0) is 28.5 Å². The first kappa shape index (κ1) is 38.0. The molecule has 0 aromatic rings. The molecule has 2 bridgehead atoms. The number of nitrogens with zero attached hydrogens (tertiary/aromatic N) is 3. The average Bonchev–Trinajstić information content (AvgIpc) is 3.17. The number of rotatable bonds is 5. The van der Waals surface area contributed by atoms with Crippen molar-refractivity contribution in [3.63, 3.8) is 0 Å². The molecule has 2 N–H and O–H groups in total. The van der Waals surface area contributed by atoms with E-state index >= 15 is 0 Å². The number of aliphatic hydroxyl groups is 2. The topological polar surface area (TPSA) is 140 Å². The van der Waals surface area contributed by atoms with Gasteiger partial charge in [-0.2, -0.15) is 0 Å². The normalized spacial score (nSPS) is 46.3. The number of amides is 1. The minimum Gasteiger partial charge on any atom is -0.458 e. The van der Waals surface area contributed by atoms with Crippen molar-refractivity contribution in [1.82, 2.24) is 9.80 Å². The van der Waals surface area contributed by atoms with Crippen LogP contribution in [0.4, 0.5) is 4.79 Å². The van der Waals surface area contributed by atoms with E-state index in [1.165, 1.54) is 0 Å². The van der Waals surface area contributed by atoms with Crippen LogP contribution in [-0.4, -0.2) is 131 Å². The molecule has 12 heteroatoms. The summed E-state index contributed by atoms with van der Waals surface area (Å²) in [5.74, 6) is -2.60. The number of cyclic esters (lactones) is 1. The van der Waals surface area contributed by atoms with Gasteiger partial charge in [0.05, 0.1) is 41.4 Å². The van der Waals surface area contributed by atoms with Crippen LogP contribution in [0.25, 0.3) is 0 Å². The number of aliphatic hydroxyl groups excluding tert-OH is 2. The predicted octanol–water partition coefficient (Wildman–Crippen LogP) is 3.65. The van der Waals surface area contributed by atoms with E-state index in [4.69, 9.17) is 28.7 Å². The van der Waals surface area contributed by atoms with Gasteiger partial charge in [0.25, 0.3) is 0 Å². The summed E-state index contributed by atoms with van der Waals surface area (Å²) in [7, 11) is 5.45. The molecule has 0 radical (unpaired) electrons. The van der Waals surface area contributed by atoms with E-state index in [-0.39, 0.29) is 24.0 Å². The van der Waals surface area contributed by atoms with Gasteiger partial charge < -0.3 is 38.8 Å². The Bertz CT molecular complexity index is 1180. The van der Waals surface area contributed by atoms with Gasteiger partial charge >= 0.3 is 12.1 Å². The standard InChI is InChI=1S/C35H61N3O9/c1-14-24-35(10)28-20(4)25(36-33(7,8)17-38(28)32(42)47-35)18(2)16-34(9,43-13)29(21(5)26(39)22(6)30(41)45-24)46-31-27(40)23(37(11)12)15-19(3)44-31/h18-24,26-29,31,39-40H,14-17H2,1-13H3/t18-,19-,20+,21+,22-,23+,24-,26+,27-,28-,29-,31+,34-,35-/m1/s1. The Morgan fingerprint density at radius 3 is 2.23 bits per heavy atom. The zero-order chi connectivity index (χ0) is 35.4. The molecule has 4 heterocycles. The molecule has 4 aliphatic rings. The Morgan fingerprint density at radius 2 is 1.66 bits per heavy atom. The summed E-state index contributed by atoms with van der Waals surface area (Å²) in [6.45, 7) is 19.6. The number of hydrogen-bond acceptors (Lipinski definition) is 11. The van der Waals surface area contributed by atoms with Gasteiger partial charge in [0, 0.05) is 37.2 Å². The molecular weight excluding hydrogens is 606 g/mol. The molecule has 0 unspecified atom stereocenters. The van der Waals surface area contributed by atoms with Gasteiger partial charge in [0.2, 0.25) is 0 Å². The van der Waals surface area contributed by atoms with Crippen molar-refractivity contribution < 1.29 is 43.5 Å². The summed E-state index contributed by atoms with van der Waals surface area (Å²) in [4.78, 5) is 36.3. The van der Waals surface area contributed by atoms with Crippen LogP contribution < -0.4 is 0 Å². The summed E-state index contributed by atoms with van der Waals surface area (Å²) in [6, 6.07) is -0.652. The molecule has 47 heavy (non-hydrogen) atoms. The second-order valence-electron chi connectivity index (χ2n) is 16.0. The number of esters is 1. The smallest absolute Gasteiger partial charge is 0.411 e. The highest BCUT2D eigenvalue weighted by atomic mass is 16.7. The van der Waals surface area contributed by atoms with Crippen LogP contribution in [0.2, 0.25) is 0 Å². The third-order valence-corrected chi connectivity index (χ3v) is 11.4. The van der Waals surface area contributed by atoms with Crippen molar-refractivity contribution in [1.29, 1.82) is 0 Å². The predicted molar refractivity (Wildman–Crippen MR) is 177 cm³/mol. The van der Waals surface area contributed by atoms with Gasteiger partial charge in [-0.1, -0.05) is 27.7 Å². The van der Waals surface area contributed by atoms with Crippen molar-refractivity contribution in [2.45, 2.75) is 154 Å². The fraction of sp³-hybridized carbons (Fsp3) is 0.914. The Kier molecular flexibility index (Phi) is 11.2. The lowest BCUT2D eigenvalue weighted by Crippen LogP contribution is -2.60. The lowest BCUT2D eigenvalue weighted by molar-refractivity contribution is -0.301. The summed E-state index contributed by atoms with van der Waals surface area (Å²) < 4.78 is 31.6. The summed E-state index contributed by atoms with van der Waals surface area (Å²) >= 11 is 0. The van der Waals surface area contributed by atoms with Crippen LogP contribution in [0, 0.1) is 23.7 Å². The maximum atomic E-state index is 13.8. The van der Waals surface area contributed by atoms with E-state index in [1.807, 2.05) is 67.5 Å². The van der Waals surface area contributed by atoms with Gasteiger partial charge in [-0.15, -0.1) is 0 Å². The quantitative estimate of drug-likeness (QED) is 0.418. The van der Waals surface area contributed by atoms with Crippen molar-refractivity contribution >= 4 is 17.8 Å². The molecule has 270 valence electrons. The maximum Gasteiger partial charge on any atom is 0.411 e. The highest BCUT2D eigenvalue weighted by molar-refractivity contribution is 5.91. The third-order valence-electron chi connectivity index (χ3n) is 11.4. The highest BCUT2D eigenvalue weighted by Gasteiger charge is 2.61. The fourth-order valence-electron chi connectivity index (χ4n) is 8.82. The summed E-state index contributed by atoms with van der Waals surface area (Å²) in [5, 5.41) is 23.3. The molecule has 1 amide bonds. The SMILES string of the molecule is CC[C@H]1OC(=O)[C@H](C)[C@@H](O)[C@H](C)[C@@H](O[C@@H]2O[C@H](C)C[C@H](N(C)C)[C@H]2O)[C@](C)(OC)C[C@@H](C)C2=NC(C)(C)CN3C(=O)O[C@@]1(C)[C@H]3[C@H]2C. The van der Waals surface area contributed by atoms with Gasteiger partial charge in [-0.25, -0.2) is 4.79 Å². The number of carbonyl (C=O) groups excluding carboxylic acids is 2. The molecule has 0 aliphatic carbocycles. The van der Waals surface area contributed by atoms with E-state index in [0.717, 1.165) is 5.71 Å². The minimum atomic E-state index is -1.20. The zero-order valence-electron chi connectivity index (χ0n) is 30.9. The van der Waals surface area contributed by atoms with Crippen molar-refractivity contribution in [3.8, 4) is 0 Å². The van der Waals surface area contributed by atoms with E-state index < -0.39 is 77.4 Å². The number of aliphatic imine (C=N–C) groups is 1. The van der Waals surface area contributed by atoms with Crippen molar-refractivity contribution in [3.05, 3.63) is 0 Å². The molecule has 0 saturated carbocycles. The Labute approximate surface area is 281 Å². The molecule has 3 saturated heterocycles. The molecule has 12 nitrogen and oxygen atoms in total. The number of fused-ring (bicyclic) bond motifs is 1. The molecule has 0 aromatic heterocycles. The van der Waals surface area contributed by atoms with Crippen LogP contribution in [0.3, 0.4) is 0 Å². The molecule has 4 rings (SSSR count). The maximum absolute atomic E-state index is 13.8. The van der Waals surface area contributed by atoms with E-state index in [0.29, 0.717) is 25.8 Å². The largest absolute Gasteiger partial charge is 0.458 e. The van der Waals surface area contributed by atoms with Gasteiger partial charge in [-0.3, -0.25) is 14.7 Å². The molecule has 0 spiro atoms. The molecular formula is C35H61N3O9. The number of methoxy groups -OCH3 is 1. The van der Waals surface area contributed by atoms with Crippen LogP contribution in [0.15, 0.2) is 4.99 Å². The summed E-state index contributed by atoms with van der Waals surface area (Å²) in [5.41, 5.74) is -1.88. The second-order valence-corrected chi connectivity index (χ2v) is 16.0. The average molecular weight is 668 g/mol. The van der Waals surface area contributed by atoms with E-state index in [2.05, 4.69) is 13.8 Å². The number of carbonyl (C=O) groups is 2. The third kappa shape index (κ3) is 7.10. The first-order chi connectivity index (χ1) is 21.7. The lowest BCUT2D eigenvalue weighted by atomic mass is 9.72. The first-order valence-corrected chi connectivity index (χ1v) is 17.4. The van der Waals surface area contributed by atoms with E-state index in [1.54, 1.807) is 18.9 Å². The summed E-state index contributed by atoms with van der Waals surface area (Å²) in [6.07, 6.45) is -3.88. The Hall–Kier alpha value is -1.83. The van der Waals surface area contributed by atoms with E-state index in [9.17, 15) is 19.8 Å². The lowest BCUT2D eigenvalue weighted by Gasteiger charge is -2.48. The van der Waals surface area contributed by atoms with Gasteiger partial charge in [-0.05, 0) is 80.8 Å². The molecule has 14 atom stereocenters. The second kappa shape index (κ2) is 13.8. The Balaban J connectivity index is 1.85. The van der Waals surface area contributed by atoms with Gasteiger partial charge in [0.15, 0.2) is 11.9 Å². The number of hydrogen-bond donors (Lipinski definition) is 2. The number of ether oxygens (including phenoxy) is 5. The van der Waals surface area contributed by atoms with Crippen LogP contribution in [0.1, 0.15) is 88.5 Å². The van der Waals surface area contributed by atoms with Crippen LogP contribution >= 0.6 is 0 Å². The molecule has 0 aromatic carbocycles. The molecule has 3 fully saturated rings.